The number of nitrogens with one attached hydrogen (secondary N) is 2. The Morgan fingerprint density at radius 1 is 1.28 bits per heavy atom. The lowest BCUT2D eigenvalue weighted by Gasteiger charge is -2.20. The standard InChI is InChI=1S/C21H33N5O3/c1-5-22-20(24-16-21(2,27)18-13-25-26(3)14-18)23-11-6-12-29-15-17-7-9-19(28-4)10-8-17/h7-10,13-14,27H,5-6,11-12,15-16H2,1-4H3,(H2,22,23,24). The molecule has 0 radical (unpaired) electrons. The summed E-state index contributed by atoms with van der Waals surface area (Å²) in [4.78, 5) is 4.51. The van der Waals surface area contributed by atoms with Gasteiger partial charge in [0, 0.05) is 38.5 Å². The van der Waals surface area contributed by atoms with Crippen LogP contribution in [-0.4, -0.2) is 54.2 Å². The smallest absolute Gasteiger partial charge is 0.191 e. The van der Waals surface area contributed by atoms with Gasteiger partial charge >= 0.3 is 0 Å². The topological polar surface area (TPSA) is 92.9 Å². The van der Waals surface area contributed by atoms with Crippen molar-refractivity contribution in [3.05, 3.63) is 47.8 Å². The molecule has 0 aliphatic carbocycles. The van der Waals surface area contributed by atoms with Gasteiger partial charge in [-0.25, -0.2) is 4.99 Å². The molecule has 0 bridgehead atoms. The molecule has 0 saturated heterocycles. The lowest BCUT2D eigenvalue weighted by atomic mass is 10.0. The third-order valence-corrected chi connectivity index (χ3v) is 4.40. The maximum Gasteiger partial charge on any atom is 0.191 e. The van der Waals surface area contributed by atoms with Crippen LogP contribution in [0.25, 0.3) is 0 Å². The second-order valence-electron chi connectivity index (χ2n) is 7.05. The molecule has 8 heteroatoms. The van der Waals surface area contributed by atoms with E-state index in [1.165, 1.54) is 0 Å². The van der Waals surface area contributed by atoms with Crippen molar-refractivity contribution in [2.45, 2.75) is 32.5 Å². The molecule has 0 spiro atoms. The Morgan fingerprint density at radius 3 is 2.66 bits per heavy atom. The summed E-state index contributed by atoms with van der Waals surface area (Å²) >= 11 is 0. The summed E-state index contributed by atoms with van der Waals surface area (Å²) in [6, 6.07) is 7.86. The molecule has 0 aliphatic rings. The van der Waals surface area contributed by atoms with Gasteiger partial charge in [-0.15, -0.1) is 0 Å². The Labute approximate surface area is 172 Å². The van der Waals surface area contributed by atoms with Gasteiger partial charge in [-0.3, -0.25) is 4.68 Å². The van der Waals surface area contributed by atoms with Gasteiger partial charge in [-0.05, 0) is 38.0 Å². The van der Waals surface area contributed by atoms with Crippen LogP contribution < -0.4 is 15.4 Å². The third-order valence-electron chi connectivity index (χ3n) is 4.40. The molecular formula is C21H33N5O3. The Balaban J connectivity index is 1.71. The average molecular weight is 404 g/mol. The quantitative estimate of drug-likeness (QED) is 0.301. The fraction of sp³-hybridized carbons (Fsp3) is 0.524. The van der Waals surface area contributed by atoms with E-state index in [2.05, 4.69) is 20.7 Å². The van der Waals surface area contributed by atoms with Gasteiger partial charge in [0.15, 0.2) is 5.96 Å². The minimum atomic E-state index is -1.07. The summed E-state index contributed by atoms with van der Waals surface area (Å²) < 4.78 is 12.5. The maximum atomic E-state index is 10.7. The molecule has 29 heavy (non-hydrogen) atoms. The fourth-order valence-corrected chi connectivity index (χ4v) is 2.66. The van der Waals surface area contributed by atoms with Crippen molar-refractivity contribution in [3.8, 4) is 5.75 Å². The first-order valence-corrected chi connectivity index (χ1v) is 9.89. The minimum absolute atomic E-state index is 0.238. The van der Waals surface area contributed by atoms with E-state index in [-0.39, 0.29) is 6.54 Å². The van der Waals surface area contributed by atoms with E-state index in [1.54, 1.807) is 31.1 Å². The first-order valence-electron chi connectivity index (χ1n) is 9.89. The molecular weight excluding hydrogens is 370 g/mol. The number of aromatic nitrogens is 2. The van der Waals surface area contributed by atoms with Crippen molar-refractivity contribution in [1.29, 1.82) is 0 Å². The first kappa shape index (κ1) is 22.7. The average Bonchev–Trinajstić information content (AvgIpc) is 3.16. The molecule has 160 valence electrons. The number of aryl methyl sites for hydroxylation is 1. The van der Waals surface area contributed by atoms with E-state index in [1.807, 2.05) is 38.2 Å². The monoisotopic (exact) mass is 403 g/mol. The number of hydrogen-bond donors (Lipinski definition) is 3. The zero-order chi connectivity index (χ0) is 21.1. The summed E-state index contributed by atoms with van der Waals surface area (Å²) in [7, 11) is 3.48. The Kier molecular flexibility index (Phi) is 8.95. The second kappa shape index (κ2) is 11.4. The Morgan fingerprint density at radius 2 is 2.03 bits per heavy atom. The molecule has 1 unspecified atom stereocenters. The number of methoxy groups -OCH3 is 1. The molecule has 0 aliphatic heterocycles. The molecule has 0 fully saturated rings. The van der Waals surface area contributed by atoms with Crippen LogP contribution in [-0.2, 0) is 24.0 Å². The number of aliphatic hydroxyl groups is 1. The minimum Gasteiger partial charge on any atom is -0.497 e. The van der Waals surface area contributed by atoms with Crippen LogP contribution in [0.3, 0.4) is 0 Å². The lowest BCUT2D eigenvalue weighted by molar-refractivity contribution is 0.0671. The van der Waals surface area contributed by atoms with Crippen LogP contribution in [0.1, 0.15) is 31.4 Å². The van der Waals surface area contributed by atoms with Gasteiger partial charge in [-0.2, -0.15) is 5.10 Å². The lowest BCUT2D eigenvalue weighted by Crippen LogP contribution is -2.39. The third kappa shape index (κ3) is 7.75. The molecule has 0 saturated carbocycles. The summed E-state index contributed by atoms with van der Waals surface area (Å²) in [6.07, 6.45) is 4.31. The van der Waals surface area contributed by atoms with Gasteiger partial charge in [0.2, 0.25) is 0 Å². The van der Waals surface area contributed by atoms with E-state index < -0.39 is 5.60 Å². The zero-order valence-corrected chi connectivity index (χ0v) is 17.8. The van der Waals surface area contributed by atoms with Crippen molar-refractivity contribution in [3.63, 3.8) is 0 Å². The molecule has 1 aromatic carbocycles. The summed E-state index contributed by atoms with van der Waals surface area (Å²) in [5.74, 6) is 1.52. The van der Waals surface area contributed by atoms with E-state index >= 15 is 0 Å². The Bertz CT molecular complexity index is 756. The van der Waals surface area contributed by atoms with E-state index in [0.29, 0.717) is 19.2 Å². The highest BCUT2D eigenvalue weighted by molar-refractivity contribution is 5.79. The number of ether oxygens (including phenoxy) is 2. The fourth-order valence-electron chi connectivity index (χ4n) is 2.66. The predicted octanol–water partition coefficient (Wildman–Crippen LogP) is 1.80. The Hall–Kier alpha value is -2.58. The highest BCUT2D eigenvalue weighted by atomic mass is 16.5. The number of guanidine groups is 1. The van der Waals surface area contributed by atoms with E-state index in [9.17, 15) is 5.11 Å². The van der Waals surface area contributed by atoms with Crippen LogP contribution in [0.4, 0.5) is 0 Å². The van der Waals surface area contributed by atoms with E-state index in [4.69, 9.17) is 9.47 Å². The van der Waals surface area contributed by atoms with E-state index in [0.717, 1.165) is 36.4 Å². The highest BCUT2D eigenvalue weighted by Gasteiger charge is 2.24. The molecule has 2 aromatic rings. The summed E-state index contributed by atoms with van der Waals surface area (Å²) in [5.41, 5.74) is 0.788. The van der Waals surface area contributed by atoms with Crippen LogP contribution >= 0.6 is 0 Å². The van der Waals surface area contributed by atoms with Gasteiger partial charge in [0.25, 0.3) is 0 Å². The predicted molar refractivity (Wildman–Crippen MR) is 114 cm³/mol. The SMILES string of the molecule is CCNC(=NCC(C)(O)c1cnn(C)c1)NCCCOCc1ccc(OC)cc1. The zero-order valence-electron chi connectivity index (χ0n) is 17.8. The summed E-state index contributed by atoms with van der Waals surface area (Å²) in [5, 5.41) is 21.2. The molecule has 1 aromatic heterocycles. The maximum absolute atomic E-state index is 10.7. The number of rotatable bonds is 11. The summed E-state index contributed by atoms with van der Waals surface area (Å²) in [6.45, 7) is 6.68. The highest BCUT2D eigenvalue weighted by Crippen LogP contribution is 2.19. The number of benzene rings is 1. The van der Waals surface area contributed by atoms with Gasteiger partial charge in [-0.1, -0.05) is 12.1 Å². The van der Waals surface area contributed by atoms with Crippen molar-refractivity contribution < 1.29 is 14.6 Å². The van der Waals surface area contributed by atoms with Crippen molar-refractivity contribution in [2.75, 3.05) is 33.4 Å². The first-order chi connectivity index (χ1) is 13.9. The second-order valence-corrected chi connectivity index (χ2v) is 7.05. The number of nitrogens with zero attached hydrogens (tertiary/aromatic N) is 3. The molecule has 8 nitrogen and oxygen atoms in total. The number of aliphatic imine (C=N–C) groups is 1. The largest absolute Gasteiger partial charge is 0.497 e. The van der Waals surface area contributed by atoms with Gasteiger partial charge in [0.1, 0.15) is 11.4 Å². The van der Waals surface area contributed by atoms with Crippen LogP contribution in [0.2, 0.25) is 0 Å². The number of hydrogen-bond acceptors (Lipinski definition) is 5. The van der Waals surface area contributed by atoms with Gasteiger partial charge < -0.3 is 25.2 Å². The molecule has 2 rings (SSSR count). The van der Waals surface area contributed by atoms with Gasteiger partial charge in [0.05, 0.1) is 26.5 Å². The molecule has 3 N–H and O–H groups in total. The normalized spacial score (nSPS) is 13.8. The van der Waals surface area contributed by atoms with Crippen molar-refractivity contribution in [1.82, 2.24) is 20.4 Å². The molecule has 1 heterocycles. The van der Waals surface area contributed by atoms with Crippen molar-refractivity contribution in [2.24, 2.45) is 12.0 Å². The van der Waals surface area contributed by atoms with Crippen LogP contribution in [0, 0.1) is 0 Å². The molecule has 0 amide bonds. The van der Waals surface area contributed by atoms with Crippen molar-refractivity contribution >= 4 is 5.96 Å². The molecule has 1 atom stereocenters. The van der Waals surface area contributed by atoms with Crippen LogP contribution in [0.5, 0.6) is 5.75 Å². The van der Waals surface area contributed by atoms with Crippen LogP contribution in [0.15, 0.2) is 41.7 Å².